The zero-order chi connectivity index (χ0) is 11.0. The third-order valence-electron chi connectivity index (χ3n) is 2.82. The first kappa shape index (κ1) is 10.6. The van der Waals surface area contributed by atoms with E-state index in [0.717, 1.165) is 10.0 Å². The van der Waals surface area contributed by atoms with Crippen molar-refractivity contribution < 1.29 is 4.79 Å². The van der Waals surface area contributed by atoms with Crippen molar-refractivity contribution in [3.8, 4) is 0 Å². The SMILES string of the molecule is CN1C(=O)C[C@H](N)[C@H]1c1cccc(Br)c1. The maximum absolute atomic E-state index is 11.5. The molecule has 80 valence electrons. The molecule has 4 heteroatoms. The van der Waals surface area contributed by atoms with E-state index in [9.17, 15) is 4.79 Å². The second-order valence-corrected chi connectivity index (χ2v) is 4.79. The van der Waals surface area contributed by atoms with E-state index in [1.165, 1.54) is 0 Å². The Morgan fingerprint density at radius 2 is 2.27 bits per heavy atom. The minimum absolute atomic E-state index is 0.00926. The topological polar surface area (TPSA) is 46.3 Å². The number of nitrogens with zero attached hydrogens (tertiary/aromatic N) is 1. The average molecular weight is 269 g/mol. The lowest BCUT2D eigenvalue weighted by molar-refractivity contribution is -0.127. The van der Waals surface area contributed by atoms with E-state index in [2.05, 4.69) is 15.9 Å². The van der Waals surface area contributed by atoms with Crippen molar-refractivity contribution in [3.05, 3.63) is 34.3 Å². The van der Waals surface area contributed by atoms with Gasteiger partial charge in [0.25, 0.3) is 0 Å². The normalized spacial score (nSPS) is 26.1. The van der Waals surface area contributed by atoms with Gasteiger partial charge in [0.15, 0.2) is 0 Å². The van der Waals surface area contributed by atoms with E-state index >= 15 is 0 Å². The molecular weight excluding hydrogens is 256 g/mol. The van der Waals surface area contributed by atoms with E-state index in [1.807, 2.05) is 24.3 Å². The second-order valence-electron chi connectivity index (χ2n) is 3.87. The fraction of sp³-hybridized carbons (Fsp3) is 0.364. The number of amides is 1. The quantitative estimate of drug-likeness (QED) is 0.843. The maximum atomic E-state index is 11.5. The third kappa shape index (κ3) is 1.92. The highest BCUT2D eigenvalue weighted by Gasteiger charge is 2.35. The highest BCUT2D eigenvalue weighted by Crippen LogP contribution is 2.31. The molecule has 1 fully saturated rings. The van der Waals surface area contributed by atoms with Crippen LogP contribution in [0.4, 0.5) is 0 Å². The molecule has 15 heavy (non-hydrogen) atoms. The molecule has 1 amide bonds. The molecule has 0 aliphatic carbocycles. The number of carbonyl (C=O) groups is 1. The number of carbonyl (C=O) groups excluding carboxylic acids is 1. The van der Waals surface area contributed by atoms with Crippen LogP contribution in [0.15, 0.2) is 28.7 Å². The van der Waals surface area contributed by atoms with E-state index < -0.39 is 0 Å². The van der Waals surface area contributed by atoms with Crippen LogP contribution in [0.2, 0.25) is 0 Å². The van der Waals surface area contributed by atoms with Gasteiger partial charge in [-0.05, 0) is 17.7 Å². The van der Waals surface area contributed by atoms with Crippen LogP contribution in [0.1, 0.15) is 18.0 Å². The molecule has 1 aromatic carbocycles. The minimum Gasteiger partial charge on any atom is -0.337 e. The highest BCUT2D eigenvalue weighted by molar-refractivity contribution is 9.10. The Bertz CT molecular complexity index is 394. The van der Waals surface area contributed by atoms with E-state index in [4.69, 9.17) is 5.73 Å². The molecule has 0 unspecified atom stereocenters. The lowest BCUT2D eigenvalue weighted by Gasteiger charge is -2.23. The van der Waals surface area contributed by atoms with Gasteiger partial charge in [-0.3, -0.25) is 4.79 Å². The summed E-state index contributed by atoms with van der Waals surface area (Å²) in [7, 11) is 1.81. The Morgan fingerprint density at radius 1 is 1.53 bits per heavy atom. The van der Waals surface area contributed by atoms with Gasteiger partial charge in [0.2, 0.25) is 5.91 Å². The third-order valence-corrected chi connectivity index (χ3v) is 3.31. The van der Waals surface area contributed by atoms with Crippen molar-refractivity contribution in [1.82, 2.24) is 4.90 Å². The molecule has 1 aromatic rings. The van der Waals surface area contributed by atoms with Gasteiger partial charge in [0.05, 0.1) is 6.04 Å². The fourth-order valence-electron chi connectivity index (χ4n) is 2.06. The van der Waals surface area contributed by atoms with E-state index in [1.54, 1.807) is 11.9 Å². The Hall–Kier alpha value is -0.870. The van der Waals surface area contributed by atoms with Crippen molar-refractivity contribution in [2.75, 3.05) is 7.05 Å². The van der Waals surface area contributed by atoms with Crippen molar-refractivity contribution >= 4 is 21.8 Å². The summed E-state index contributed by atoms with van der Waals surface area (Å²) in [5.74, 6) is 0.118. The molecule has 1 aliphatic heterocycles. The number of likely N-dealkylation sites (tertiary alicyclic amines) is 1. The molecule has 0 radical (unpaired) electrons. The van der Waals surface area contributed by atoms with Crippen LogP contribution in [0.5, 0.6) is 0 Å². The maximum Gasteiger partial charge on any atom is 0.224 e. The number of hydrogen-bond acceptors (Lipinski definition) is 2. The molecule has 0 bridgehead atoms. The van der Waals surface area contributed by atoms with Crippen LogP contribution >= 0.6 is 15.9 Å². The summed E-state index contributed by atoms with van der Waals surface area (Å²) in [6.07, 6.45) is 0.438. The molecule has 2 N–H and O–H groups in total. The zero-order valence-electron chi connectivity index (χ0n) is 8.48. The van der Waals surface area contributed by atoms with Crippen LogP contribution in [0.25, 0.3) is 0 Å². The summed E-state index contributed by atoms with van der Waals surface area (Å²) >= 11 is 3.42. The van der Waals surface area contributed by atoms with Crippen LogP contribution in [-0.2, 0) is 4.79 Å². The summed E-state index contributed by atoms with van der Waals surface area (Å²) in [6.45, 7) is 0. The Morgan fingerprint density at radius 3 is 2.80 bits per heavy atom. The Kier molecular flexibility index (Phi) is 2.80. The van der Waals surface area contributed by atoms with Gasteiger partial charge < -0.3 is 10.6 Å². The van der Waals surface area contributed by atoms with Crippen molar-refractivity contribution in [2.45, 2.75) is 18.5 Å². The Labute approximate surface area is 97.4 Å². The van der Waals surface area contributed by atoms with Crippen LogP contribution < -0.4 is 5.73 Å². The fourth-order valence-corrected chi connectivity index (χ4v) is 2.48. The summed E-state index contributed by atoms with van der Waals surface area (Å²) in [6, 6.07) is 7.85. The van der Waals surface area contributed by atoms with Gasteiger partial charge in [0.1, 0.15) is 0 Å². The van der Waals surface area contributed by atoms with E-state index in [0.29, 0.717) is 6.42 Å². The standard InChI is InChI=1S/C11H13BrN2O/c1-14-10(15)6-9(13)11(14)7-3-2-4-8(12)5-7/h2-5,9,11H,6,13H2,1H3/t9-,11+/m0/s1. The lowest BCUT2D eigenvalue weighted by atomic mass is 10.0. The molecule has 1 heterocycles. The second kappa shape index (κ2) is 3.94. The van der Waals surface area contributed by atoms with Gasteiger partial charge in [-0.1, -0.05) is 28.1 Å². The van der Waals surface area contributed by atoms with Gasteiger partial charge in [-0.15, -0.1) is 0 Å². The number of likely N-dealkylation sites (N-methyl/N-ethyl adjacent to an activating group) is 1. The van der Waals surface area contributed by atoms with Gasteiger partial charge in [-0.2, -0.15) is 0 Å². The predicted octanol–water partition coefficient (Wildman–Crippen LogP) is 1.68. The molecule has 1 aliphatic rings. The van der Waals surface area contributed by atoms with Crippen molar-refractivity contribution in [2.24, 2.45) is 5.73 Å². The smallest absolute Gasteiger partial charge is 0.224 e. The minimum atomic E-state index is -0.100. The first-order valence-corrected chi connectivity index (χ1v) is 5.65. The summed E-state index contributed by atoms with van der Waals surface area (Å²) in [4.78, 5) is 13.2. The van der Waals surface area contributed by atoms with Crippen LogP contribution in [0, 0.1) is 0 Å². The monoisotopic (exact) mass is 268 g/mol. The molecule has 2 rings (SSSR count). The largest absolute Gasteiger partial charge is 0.337 e. The highest BCUT2D eigenvalue weighted by atomic mass is 79.9. The molecule has 0 spiro atoms. The molecule has 1 saturated heterocycles. The molecular formula is C11H13BrN2O. The Balaban J connectivity index is 2.34. The van der Waals surface area contributed by atoms with E-state index in [-0.39, 0.29) is 18.0 Å². The number of hydrogen-bond donors (Lipinski definition) is 1. The van der Waals surface area contributed by atoms with Gasteiger partial charge in [-0.25, -0.2) is 0 Å². The molecule has 0 saturated carbocycles. The number of halogens is 1. The van der Waals surface area contributed by atoms with Crippen LogP contribution in [-0.4, -0.2) is 23.9 Å². The molecule has 2 atom stereocenters. The summed E-state index contributed by atoms with van der Waals surface area (Å²) < 4.78 is 1.01. The molecule has 0 aromatic heterocycles. The first-order chi connectivity index (χ1) is 7.09. The lowest BCUT2D eigenvalue weighted by Crippen LogP contribution is -2.30. The zero-order valence-corrected chi connectivity index (χ0v) is 10.1. The summed E-state index contributed by atoms with van der Waals surface area (Å²) in [5, 5.41) is 0. The first-order valence-electron chi connectivity index (χ1n) is 4.86. The average Bonchev–Trinajstić information content (AvgIpc) is 2.41. The number of nitrogens with two attached hydrogens (primary N) is 1. The number of rotatable bonds is 1. The van der Waals surface area contributed by atoms with Gasteiger partial charge >= 0.3 is 0 Å². The van der Waals surface area contributed by atoms with Crippen molar-refractivity contribution in [3.63, 3.8) is 0 Å². The van der Waals surface area contributed by atoms with Crippen molar-refractivity contribution in [1.29, 1.82) is 0 Å². The number of benzene rings is 1. The van der Waals surface area contributed by atoms with Gasteiger partial charge in [0, 0.05) is 24.0 Å². The molecule has 3 nitrogen and oxygen atoms in total. The summed E-state index contributed by atoms with van der Waals surface area (Å²) in [5.41, 5.74) is 7.05. The van der Waals surface area contributed by atoms with Crippen LogP contribution in [0.3, 0.4) is 0 Å². The predicted molar refractivity (Wildman–Crippen MR) is 62.2 cm³/mol.